The Morgan fingerprint density at radius 2 is 1.82 bits per heavy atom. The topological polar surface area (TPSA) is 121 Å². The van der Waals surface area contributed by atoms with Crippen molar-refractivity contribution in [3.63, 3.8) is 0 Å². The lowest BCUT2D eigenvalue weighted by Gasteiger charge is -2.11. The van der Waals surface area contributed by atoms with E-state index in [2.05, 4.69) is 21.9 Å². The number of anilines is 1. The van der Waals surface area contributed by atoms with Crippen molar-refractivity contribution in [3.8, 4) is 11.8 Å². The van der Waals surface area contributed by atoms with Crippen LogP contribution in [-0.4, -0.2) is 24.0 Å². The molecule has 4 aromatic rings. The first-order valence-corrected chi connectivity index (χ1v) is 13.8. The molecule has 2 N–H and O–H groups in total. The number of nitrogens with one attached hydrogen (secondary N) is 2. The number of carbonyl (C=O) groups is 3. The molecule has 0 bridgehead atoms. The molecule has 5 rings (SSSR count). The average molecular weight is 591 g/mol. The minimum absolute atomic E-state index is 0.124. The van der Waals surface area contributed by atoms with Crippen LogP contribution in [0.2, 0.25) is 10.0 Å². The minimum atomic E-state index is -1.02. The summed E-state index contributed by atoms with van der Waals surface area (Å²) in [5, 5.41) is 18.5. The number of nitrogens with zero attached hydrogens (tertiary/aromatic N) is 2. The summed E-state index contributed by atoms with van der Waals surface area (Å²) in [6.07, 6.45) is 4.94. The number of carbonyl (C=O) groups excluding carboxylic acids is 3. The third-order valence-electron chi connectivity index (χ3n) is 6.36. The van der Waals surface area contributed by atoms with Gasteiger partial charge < -0.3 is 10.1 Å². The van der Waals surface area contributed by atoms with Gasteiger partial charge in [0, 0.05) is 15.5 Å². The van der Waals surface area contributed by atoms with Gasteiger partial charge >= 0.3 is 17.8 Å². The van der Waals surface area contributed by atoms with Gasteiger partial charge in [-0.05, 0) is 66.3 Å². The number of nitriles is 1. The fourth-order valence-electron chi connectivity index (χ4n) is 4.45. The summed E-state index contributed by atoms with van der Waals surface area (Å²) in [6.45, 7) is 0. The molecule has 40 heavy (non-hydrogen) atoms. The predicted molar refractivity (Wildman–Crippen MR) is 155 cm³/mol. The van der Waals surface area contributed by atoms with E-state index >= 15 is 0 Å². The Bertz CT molecular complexity index is 1740. The number of esters is 1. The van der Waals surface area contributed by atoms with Gasteiger partial charge in [0.25, 0.3) is 0 Å². The Morgan fingerprint density at radius 1 is 1.02 bits per heavy atom. The molecule has 0 atom stereocenters. The molecule has 0 unspecified atom stereocenters. The van der Waals surface area contributed by atoms with E-state index in [1.165, 1.54) is 35.8 Å². The maximum atomic E-state index is 12.9. The van der Waals surface area contributed by atoms with Gasteiger partial charge in [0.2, 0.25) is 0 Å². The molecule has 0 saturated heterocycles. The molecule has 11 heteroatoms. The van der Waals surface area contributed by atoms with E-state index in [0.29, 0.717) is 26.5 Å². The Balaban J connectivity index is 1.35. The number of hydrogen-bond donors (Lipinski definition) is 2. The fourth-order valence-corrected chi connectivity index (χ4v) is 6.17. The second kappa shape index (κ2) is 11.9. The van der Waals surface area contributed by atoms with Crippen molar-refractivity contribution in [1.29, 1.82) is 5.26 Å². The van der Waals surface area contributed by atoms with Crippen molar-refractivity contribution in [1.82, 2.24) is 5.43 Å². The molecule has 8 nitrogen and oxygen atoms in total. The first-order valence-electron chi connectivity index (χ1n) is 12.2. The number of thiophene rings is 1. The smallest absolute Gasteiger partial charge is 0.345 e. The lowest BCUT2D eigenvalue weighted by atomic mass is 9.96. The monoisotopic (exact) mass is 590 g/mol. The zero-order chi connectivity index (χ0) is 28.2. The lowest BCUT2D eigenvalue weighted by molar-refractivity contribution is -0.136. The molecule has 200 valence electrons. The molecule has 0 radical (unpaired) electrons. The van der Waals surface area contributed by atoms with Crippen LogP contribution < -0.4 is 15.5 Å². The number of halogens is 2. The minimum Gasteiger partial charge on any atom is -0.422 e. The summed E-state index contributed by atoms with van der Waals surface area (Å²) >= 11 is 13.4. The van der Waals surface area contributed by atoms with E-state index in [1.807, 2.05) is 12.1 Å². The maximum Gasteiger partial charge on any atom is 0.345 e. The van der Waals surface area contributed by atoms with Gasteiger partial charge in [-0.15, -0.1) is 11.3 Å². The Hall–Kier alpha value is -4.23. The summed E-state index contributed by atoms with van der Waals surface area (Å²) in [4.78, 5) is 39.0. The van der Waals surface area contributed by atoms with Gasteiger partial charge in [0.15, 0.2) is 0 Å². The molecule has 2 amide bonds. The second-order valence-electron chi connectivity index (χ2n) is 8.89. The van der Waals surface area contributed by atoms with Crippen LogP contribution in [0.5, 0.6) is 5.75 Å². The van der Waals surface area contributed by atoms with E-state index in [9.17, 15) is 19.6 Å². The first-order chi connectivity index (χ1) is 19.4. The highest BCUT2D eigenvalue weighted by molar-refractivity contribution is 7.16. The largest absolute Gasteiger partial charge is 0.422 e. The third-order valence-corrected chi connectivity index (χ3v) is 8.12. The molecule has 0 fully saturated rings. The third kappa shape index (κ3) is 5.70. The standard InChI is InChI=1S/C29H20Cl2N4O4S/c30-17-10-11-20(23(31)13-17)29(38)39-24-12-9-16-5-1-2-6-18(16)22(24)15-33-35-27(37)26(36)34-28-21(14-32)19-7-3-4-8-25(19)40-28/h1-2,5-6,9-13,15H,3-4,7-8H2,(H,34,36)(H,35,37)/b33-15-. The molecule has 0 aliphatic heterocycles. The maximum absolute atomic E-state index is 12.9. The highest BCUT2D eigenvalue weighted by atomic mass is 35.5. The van der Waals surface area contributed by atoms with Gasteiger partial charge in [0.1, 0.15) is 16.8 Å². The van der Waals surface area contributed by atoms with Crippen molar-refractivity contribution >= 4 is 74.3 Å². The van der Waals surface area contributed by atoms with E-state index in [-0.39, 0.29) is 16.3 Å². The fraction of sp³-hybridized carbons (Fsp3) is 0.138. The molecule has 1 aliphatic rings. The first kappa shape index (κ1) is 27.3. The van der Waals surface area contributed by atoms with E-state index in [0.717, 1.165) is 41.5 Å². The van der Waals surface area contributed by atoms with E-state index in [1.54, 1.807) is 24.3 Å². The van der Waals surface area contributed by atoms with Gasteiger partial charge in [-0.2, -0.15) is 10.4 Å². The van der Waals surface area contributed by atoms with E-state index < -0.39 is 17.8 Å². The summed E-state index contributed by atoms with van der Waals surface area (Å²) in [6, 6.07) is 17.3. The van der Waals surface area contributed by atoms with Gasteiger partial charge in [0.05, 0.1) is 22.4 Å². The van der Waals surface area contributed by atoms with Crippen LogP contribution in [0.1, 0.15) is 44.8 Å². The van der Waals surface area contributed by atoms with Crippen LogP contribution in [0.25, 0.3) is 10.8 Å². The Morgan fingerprint density at radius 3 is 2.62 bits per heavy atom. The zero-order valence-electron chi connectivity index (χ0n) is 20.8. The summed E-state index contributed by atoms with van der Waals surface area (Å²) in [7, 11) is 0. The molecule has 1 heterocycles. The zero-order valence-corrected chi connectivity index (χ0v) is 23.1. The molecule has 1 aliphatic carbocycles. The number of hydrazone groups is 1. The van der Waals surface area contributed by atoms with Crippen LogP contribution in [0.3, 0.4) is 0 Å². The number of ether oxygens (including phenoxy) is 1. The predicted octanol–water partition coefficient (Wildman–Crippen LogP) is 6.27. The number of amides is 2. The molecule has 3 aromatic carbocycles. The lowest BCUT2D eigenvalue weighted by Crippen LogP contribution is -2.32. The highest BCUT2D eigenvalue weighted by Crippen LogP contribution is 2.37. The van der Waals surface area contributed by atoms with Crippen LogP contribution >= 0.6 is 34.5 Å². The highest BCUT2D eigenvalue weighted by Gasteiger charge is 2.24. The Kier molecular flexibility index (Phi) is 8.12. The Labute approximate surface area is 243 Å². The number of aryl methyl sites for hydroxylation is 1. The molecule has 0 saturated carbocycles. The van der Waals surface area contributed by atoms with Crippen molar-refractivity contribution < 1.29 is 19.1 Å². The van der Waals surface area contributed by atoms with Crippen LogP contribution in [-0.2, 0) is 22.4 Å². The SMILES string of the molecule is N#Cc1c(NC(=O)C(=O)N/N=C\c2c(OC(=O)c3ccc(Cl)cc3Cl)ccc3ccccc23)sc2c1CCCC2. The van der Waals surface area contributed by atoms with Crippen molar-refractivity contribution in [2.24, 2.45) is 5.10 Å². The van der Waals surface area contributed by atoms with Crippen molar-refractivity contribution in [2.45, 2.75) is 25.7 Å². The number of hydrogen-bond acceptors (Lipinski definition) is 7. The molecule has 0 spiro atoms. The molecule has 1 aromatic heterocycles. The second-order valence-corrected chi connectivity index (χ2v) is 10.8. The average Bonchev–Trinajstić information content (AvgIpc) is 3.30. The van der Waals surface area contributed by atoms with Crippen molar-refractivity contribution in [3.05, 3.63) is 91.8 Å². The van der Waals surface area contributed by atoms with E-state index in [4.69, 9.17) is 27.9 Å². The van der Waals surface area contributed by atoms with Gasteiger partial charge in [-0.3, -0.25) is 9.59 Å². The van der Waals surface area contributed by atoms with Crippen LogP contribution in [0, 0.1) is 11.3 Å². The summed E-state index contributed by atoms with van der Waals surface area (Å²) in [5.74, 6) is -2.51. The van der Waals surface area contributed by atoms with Crippen LogP contribution in [0.15, 0.2) is 59.7 Å². The quantitative estimate of drug-likeness (QED) is 0.0933. The van der Waals surface area contributed by atoms with Crippen LogP contribution in [0.4, 0.5) is 5.00 Å². The molecular formula is C29H20Cl2N4O4S. The summed E-state index contributed by atoms with van der Waals surface area (Å²) in [5.41, 5.74) is 4.09. The van der Waals surface area contributed by atoms with Gasteiger partial charge in [-0.1, -0.05) is 53.5 Å². The summed E-state index contributed by atoms with van der Waals surface area (Å²) < 4.78 is 5.63. The van der Waals surface area contributed by atoms with Crippen molar-refractivity contribution in [2.75, 3.05) is 5.32 Å². The van der Waals surface area contributed by atoms with Gasteiger partial charge in [-0.25, -0.2) is 10.2 Å². The number of fused-ring (bicyclic) bond motifs is 2. The normalized spacial score (nSPS) is 12.5. The number of benzene rings is 3. The number of rotatable bonds is 5. The molecular weight excluding hydrogens is 571 g/mol.